The number of anilines is 1. The molecular formula is C15H21N5O. The predicted molar refractivity (Wildman–Crippen MR) is 82.4 cm³/mol. The molecule has 0 aliphatic carbocycles. The van der Waals surface area contributed by atoms with Gasteiger partial charge in [-0.05, 0) is 32.4 Å². The van der Waals surface area contributed by atoms with E-state index in [0.29, 0.717) is 11.5 Å². The van der Waals surface area contributed by atoms with Gasteiger partial charge in [0.1, 0.15) is 12.9 Å². The number of aromatic nitrogens is 3. The quantitative estimate of drug-likeness (QED) is 0.821. The van der Waals surface area contributed by atoms with Crippen molar-refractivity contribution in [2.45, 2.75) is 39.3 Å². The van der Waals surface area contributed by atoms with Gasteiger partial charge in [0, 0.05) is 16.8 Å². The molecule has 2 aromatic rings. The molecule has 1 amide bonds. The van der Waals surface area contributed by atoms with E-state index < -0.39 is 0 Å². The number of nitrogens with two attached hydrogens (primary N) is 1. The molecule has 0 spiro atoms. The molecule has 21 heavy (non-hydrogen) atoms. The lowest BCUT2D eigenvalue weighted by Gasteiger charge is -2.24. The Kier molecular flexibility index (Phi) is 4.26. The number of carbonyl (C=O) groups is 1. The van der Waals surface area contributed by atoms with Crippen LogP contribution < -0.4 is 11.1 Å². The number of hydrogen-bond acceptors (Lipinski definition) is 4. The monoisotopic (exact) mass is 287 g/mol. The van der Waals surface area contributed by atoms with Crippen LogP contribution in [0, 0.1) is 0 Å². The lowest BCUT2D eigenvalue weighted by molar-refractivity contribution is -0.123. The van der Waals surface area contributed by atoms with Gasteiger partial charge < -0.3 is 11.1 Å². The summed E-state index contributed by atoms with van der Waals surface area (Å²) in [6, 6.07) is 7.35. The number of nitrogens with one attached hydrogen (secondary N) is 1. The summed E-state index contributed by atoms with van der Waals surface area (Å²) in [7, 11) is 0. The lowest BCUT2D eigenvalue weighted by atomic mass is 10.0. The summed E-state index contributed by atoms with van der Waals surface area (Å²) >= 11 is 0. The first-order chi connectivity index (χ1) is 9.89. The van der Waals surface area contributed by atoms with Crippen molar-refractivity contribution in [3.63, 3.8) is 0 Å². The molecule has 6 heteroatoms. The van der Waals surface area contributed by atoms with Crippen molar-refractivity contribution in [3.05, 3.63) is 30.6 Å². The molecule has 3 N–H and O–H groups in total. The third-order valence-corrected chi connectivity index (χ3v) is 3.35. The fourth-order valence-electron chi connectivity index (χ4n) is 1.83. The molecule has 0 aliphatic heterocycles. The Labute approximate surface area is 124 Å². The number of hydrogen-bond donors (Lipinski definition) is 2. The summed E-state index contributed by atoms with van der Waals surface area (Å²) in [6.07, 6.45) is 2.42. The van der Waals surface area contributed by atoms with Gasteiger partial charge in [-0.3, -0.25) is 4.79 Å². The Morgan fingerprint density at radius 2 is 2.19 bits per heavy atom. The second-order valence-electron chi connectivity index (χ2n) is 5.68. The van der Waals surface area contributed by atoms with E-state index in [1.165, 1.54) is 4.68 Å². The van der Waals surface area contributed by atoms with Crippen molar-refractivity contribution in [1.82, 2.24) is 20.1 Å². The number of carbonyl (C=O) groups excluding carboxylic acids is 1. The number of nitrogen functional groups attached to an aromatic ring is 1. The van der Waals surface area contributed by atoms with Gasteiger partial charge in [-0.15, -0.1) is 0 Å². The maximum atomic E-state index is 12.0. The molecule has 0 saturated heterocycles. The van der Waals surface area contributed by atoms with E-state index in [2.05, 4.69) is 15.4 Å². The largest absolute Gasteiger partial charge is 0.399 e. The van der Waals surface area contributed by atoms with Gasteiger partial charge >= 0.3 is 0 Å². The smallest absolute Gasteiger partial charge is 0.242 e. The summed E-state index contributed by atoms with van der Waals surface area (Å²) in [4.78, 5) is 16.2. The van der Waals surface area contributed by atoms with Crippen molar-refractivity contribution in [2.75, 3.05) is 5.73 Å². The maximum Gasteiger partial charge on any atom is 0.242 e. The summed E-state index contributed by atoms with van der Waals surface area (Å²) in [6.45, 7) is 6.17. The molecular weight excluding hydrogens is 266 g/mol. The fraction of sp³-hybridized carbons (Fsp3) is 0.400. The van der Waals surface area contributed by atoms with Crippen LogP contribution in [-0.4, -0.2) is 26.2 Å². The van der Waals surface area contributed by atoms with Crippen LogP contribution in [0.3, 0.4) is 0 Å². The van der Waals surface area contributed by atoms with Gasteiger partial charge in [-0.25, -0.2) is 9.67 Å². The highest BCUT2D eigenvalue weighted by Crippen LogP contribution is 2.16. The molecule has 1 heterocycles. The fourth-order valence-corrected chi connectivity index (χ4v) is 1.83. The molecule has 0 saturated carbocycles. The second kappa shape index (κ2) is 5.95. The van der Waals surface area contributed by atoms with Crippen molar-refractivity contribution in [3.8, 4) is 11.4 Å². The first-order valence-electron chi connectivity index (χ1n) is 6.96. The Balaban J connectivity index is 2.05. The van der Waals surface area contributed by atoms with E-state index in [9.17, 15) is 4.79 Å². The molecule has 0 atom stereocenters. The summed E-state index contributed by atoms with van der Waals surface area (Å²) in [5.74, 6) is 0.482. The van der Waals surface area contributed by atoms with Gasteiger partial charge in [0.2, 0.25) is 5.91 Å². The maximum absolute atomic E-state index is 12.0. The molecule has 0 unspecified atom stereocenters. The normalized spacial score (nSPS) is 11.4. The number of benzene rings is 1. The second-order valence-corrected chi connectivity index (χ2v) is 5.68. The summed E-state index contributed by atoms with van der Waals surface area (Å²) in [5, 5.41) is 7.27. The Hall–Kier alpha value is -2.37. The van der Waals surface area contributed by atoms with E-state index in [4.69, 9.17) is 5.73 Å². The van der Waals surface area contributed by atoms with Crippen molar-refractivity contribution in [2.24, 2.45) is 0 Å². The first kappa shape index (κ1) is 15.0. The highest BCUT2D eigenvalue weighted by molar-refractivity contribution is 5.76. The van der Waals surface area contributed by atoms with Gasteiger partial charge in [0.15, 0.2) is 5.82 Å². The number of rotatable bonds is 5. The van der Waals surface area contributed by atoms with Crippen LogP contribution in [0.2, 0.25) is 0 Å². The first-order valence-corrected chi connectivity index (χ1v) is 6.96. The zero-order valence-corrected chi connectivity index (χ0v) is 12.6. The zero-order valence-electron chi connectivity index (χ0n) is 12.6. The predicted octanol–water partition coefficient (Wildman–Crippen LogP) is 1.83. The van der Waals surface area contributed by atoms with Crippen LogP contribution in [0.4, 0.5) is 5.69 Å². The van der Waals surface area contributed by atoms with E-state index in [1.807, 2.05) is 32.9 Å². The van der Waals surface area contributed by atoms with Gasteiger partial charge in [-0.2, -0.15) is 5.10 Å². The van der Waals surface area contributed by atoms with Crippen LogP contribution in [0.15, 0.2) is 30.6 Å². The van der Waals surface area contributed by atoms with E-state index in [-0.39, 0.29) is 18.0 Å². The van der Waals surface area contributed by atoms with Crippen molar-refractivity contribution in [1.29, 1.82) is 0 Å². The molecule has 0 radical (unpaired) electrons. The summed E-state index contributed by atoms with van der Waals surface area (Å²) in [5.41, 5.74) is 7.02. The number of nitrogens with zero attached hydrogens (tertiary/aromatic N) is 3. The van der Waals surface area contributed by atoms with Gasteiger partial charge in [0.25, 0.3) is 0 Å². The highest BCUT2D eigenvalue weighted by atomic mass is 16.2. The van der Waals surface area contributed by atoms with Crippen molar-refractivity contribution < 1.29 is 4.79 Å². The molecule has 0 bridgehead atoms. The third kappa shape index (κ3) is 4.05. The van der Waals surface area contributed by atoms with E-state index in [0.717, 1.165) is 12.0 Å². The average Bonchev–Trinajstić information content (AvgIpc) is 2.86. The standard InChI is InChI=1S/C15H21N5O/c1-4-15(2,3)18-13(21)9-20-10-17-14(19-20)11-6-5-7-12(16)8-11/h5-8,10H,4,9,16H2,1-3H3,(H,18,21). The molecule has 112 valence electrons. The van der Waals surface area contributed by atoms with Crippen LogP contribution in [0.5, 0.6) is 0 Å². The zero-order chi connectivity index (χ0) is 15.5. The molecule has 6 nitrogen and oxygen atoms in total. The average molecular weight is 287 g/mol. The minimum absolute atomic E-state index is 0.0779. The van der Waals surface area contributed by atoms with Crippen LogP contribution in [-0.2, 0) is 11.3 Å². The number of amides is 1. The van der Waals surface area contributed by atoms with Crippen LogP contribution in [0.1, 0.15) is 27.2 Å². The molecule has 0 fully saturated rings. The minimum Gasteiger partial charge on any atom is -0.399 e. The topological polar surface area (TPSA) is 85.8 Å². The molecule has 2 rings (SSSR count). The van der Waals surface area contributed by atoms with E-state index in [1.54, 1.807) is 18.5 Å². The summed E-state index contributed by atoms with van der Waals surface area (Å²) < 4.78 is 1.53. The Bertz CT molecular complexity index is 632. The molecule has 0 aliphatic rings. The SMILES string of the molecule is CCC(C)(C)NC(=O)Cn1cnc(-c2cccc(N)c2)n1. The Morgan fingerprint density at radius 3 is 2.86 bits per heavy atom. The molecule has 1 aromatic heterocycles. The minimum atomic E-state index is -0.214. The Morgan fingerprint density at radius 1 is 1.43 bits per heavy atom. The van der Waals surface area contributed by atoms with E-state index >= 15 is 0 Å². The third-order valence-electron chi connectivity index (χ3n) is 3.35. The van der Waals surface area contributed by atoms with Crippen molar-refractivity contribution >= 4 is 11.6 Å². The van der Waals surface area contributed by atoms with Gasteiger partial charge in [-0.1, -0.05) is 19.1 Å². The lowest BCUT2D eigenvalue weighted by Crippen LogP contribution is -2.44. The highest BCUT2D eigenvalue weighted by Gasteiger charge is 2.18. The van der Waals surface area contributed by atoms with Gasteiger partial charge in [0.05, 0.1) is 0 Å². The molecule has 1 aromatic carbocycles. The van der Waals surface area contributed by atoms with Crippen LogP contribution >= 0.6 is 0 Å². The van der Waals surface area contributed by atoms with Crippen LogP contribution in [0.25, 0.3) is 11.4 Å².